The molecule has 4 nitrogen and oxygen atoms in total. The first-order valence-corrected chi connectivity index (χ1v) is 5.45. The quantitative estimate of drug-likeness (QED) is 0.753. The molecule has 0 aliphatic heterocycles. The largest absolute Gasteiger partial charge is 0.325 e. The first-order valence-electron chi connectivity index (χ1n) is 5.45. The fourth-order valence-corrected chi connectivity index (χ4v) is 2.05. The van der Waals surface area contributed by atoms with Crippen molar-refractivity contribution in [1.82, 2.24) is 15.2 Å². The molecule has 0 radical (unpaired) electrons. The van der Waals surface area contributed by atoms with Crippen molar-refractivity contribution in [3.05, 3.63) is 11.6 Å². The van der Waals surface area contributed by atoms with E-state index in [-0.39, 0.29) is 5.54 Å². The highest BCUT2D eigenvalue weighted by atomic mass is 15.2. The van der Waals surface area contributed by atoms with Gasteiger partial charge in [-0.3, -0.25) is 5.10 Å². The minimum absolute atomic E-state index is 0.0142. The number of hydrogen-bond acceptors (Lipinski definition) is 3. The molecule has 1 aromatic heterocycles. The molecular weight excluding hydrogens is 176 g/mol. The second kappa shape index (κ2) is 2.79. The predicted molar refractivity (Wildman–Crippen MR) is 52.8 cm³/mol. The van der Waals surface area contributed by atoms with Crippen molar-refractivity contribution < 1.29 is 0 Å². The molecule has 0 spiro atoms. The van der Waals surface area contributed by atoms with Gasteiger partial charge in [-0.2, -0.15) is 5.10 Å². The van der Waals surface area contributed by atoms with E-state index in [0.717, 1.165) is 30.9 Å². The number of hydrogen-bond donors (Lipinski definition) is 2. The molecule has 14 heavy (non-hydrogen) atoms. The minimum Gasteiger partial charge on any atom is -0.325 e. The molecule has 0 saturated heterocycles. The van der Waals surface area contributed by atoms with Crippen LogP contribution in [0.4, 0.5) is 0 Å². The molecule has 3 rings (SSSR count). The smallest absolute Gasteiger partial charge is 0.153 e. The number of nitrogens with zero attached hydrogens (tertiary/aromatic N) is 2. The Bertz CT molecular complexity index is 336. The van der Waals surface area contributed by atoms with Crippen LogP contribution < -0.4 is 5.73 Å². The molecule has 76 valence electrons. The van der Waals surface area contributed by atoms with Gasteiger partial charge in [0.05, 0.1) is 0 Å². The second-order valence-corrected chi connectivity index (χ2v) is 4.81. The van der Waals surface area contributed by atoms with Crippen molar-refractivity contribution in [3.63, 3.8) is 0 Å². The summed E-state index contributed by atoms with van der Waals surface area (Å²) in [6.07, 6.45) is 6.90. The summed E-state index contributed by atoms with van der Waals surface area (Å²) in [7, 11) is 0. The molecule has 0 amide bonds. The Morgan fingerprint density at radius 3 is 2.79 bits per heavy atom. The Hall–Kier alpha value is -0.900. The molecular formula is C10H16N4. The van der Waals surface area contributed by atoms with Crippen LogP contribution in [0, 0.1) is 0 Å². The third kappa shape index (κ3) is 1.43. The zero-order valence-electron chi connectivity index (χ0n) is 8.29. The second-order valence-electron chi connectivity index (χ2n) is 4.81. The molecule has 2 fully saturated rings. The van der Waals surface area contributed by atoms with Crippen LogP contribution in [0.2, 0.25) is 0 Å². The maximum absolute atomic E-state index is 6.15. The summed E-state index contributed by atoms with van der Waals surface area (Å²) in [5.41, 5.74) is 6.16. The third-order valence-electron chi connectivity index (χ3n) is 3.36. The summed E-state index contributed by atoms with van der Waals surface area (Å²) in [4.78, 5) is 4.49. The number of nitrogens with one attached hydrogen (secondary N) is 1. The van der Waals surface area contributed by atoms with Crippen LogP contribution in [-0.4, -0.2) is 20.7 Å². The van der Waals surface area contributed by atoms with Crippen LogP contribution in [0.3, 0.4) is 0 Å². The fraction of sp³-hybridized carbons (Fsp3) is 0.800. The first kappa shape index (κ1) is 8.41. The molecule has 3 N–H and O–H groups in total. The fourth-order valence-electron chi connectivity index (χ4n) is 2.05. The van der Waals surface area contributed by atoms with E-state index < -0.39 is 0 Å². The van der Waals surface area contributed by atoms with Gasteiger partial charge in [0.2, 0.25) is 0 Å². The van der Waals surface area contributed by atoms with Gasteiger partial charge >= 0.3 is 0 Å². The van der Waals surface area contributed by atoms with Crippen molar-refractivity contribution in [2.75, 3.05) is 0 Å². The van der Waals surface area contributed by atoms with Crippen molar-refractivity contribution in [3.8, 4) is 0 Å². The maximum atomic E-state index is 6.15. The monoisotopic (exact) mass is 192 g/mol. The standard InChI is InChI=1S/C10H16N4/c11-10(4-1-5-10)6-8-12-9(14-13-8)7-2-3-7/h7H,1-6,11H2,(H,12,13,14). The zero-order valence-corrected chi connectivity index (χ0v) is 8.29. The Morgan fingerprint density at radius 1 is 1.43 bits per heavy atom. The van der Waals surface area contributed by atoms with E-state index in [1.54, 1.807) is 0 Å². The lowest BCUT2D eigenvalue weighted by Crippen LogP contribution is -2.48. The SMILES string of the molecule is NC1(Cc2nc(C3CC3)n[nH]2)CCC1. The average molecular weight is 192 g/mol. The van der Waals surface area contributed by atoms with Gasteiger partial charge in [-0.1, -0.05) is 0 Å². The van der Waals surface area contributed by atoms with Gasteiger partial charge < -0.3 is 5.73 Å². The van der Waals surface area contributed by atoms with E-state index in [1.165, 1.54) is 19.3 Å². The van der Waals surface area contributed by atoms with Crippen LogP contribution in [0.25, 0.3) is 0 Å². The van der Waals surface area contributed by atoms with Gasteiger partial charge in [-0.15, -0.1) is 0 Å². The normalized spacial score (nSPS) is 24.6. The third-order valence-corrected chi connectivity index (χ3v) is 3.36. The Kier molecular flexibility index (Phi) is 1.68. The Balaban J connectivity index is 1.70. The summed E-state index contributed by atoms with van der Waals surface area (Å²) < 4.78 is 0. The van der Waals surface area contributed by atoms with Gasteiger partial charge in [0, 0.05) is 17.9 Å². The highest BCUT2D eigenvalue weighted by Crippen LogP contribution is 2.38. The van der Waals surface area contributed by atoms with Crippen molar-refractivity contribution >= 4 is 0 Å². The van der Waals surface area contributed by atoms with E-state index in [2.05, 4.69) is 15.2 Å². The van der Waals surface area contributed by atoms with E-state index in [4.69, 9.17) is 5.73 Å². The molecule has 4 heteroatoms. The summed E-state index contributed by atoms with van der Waals surface area (Å²) >= 11 is 0. The van der Waals surface area contributed by atoms with Gasteiger partial charge in [0.25, 0.3) is 0 Å². The van der Waals surface area contributed by atoms with E-state index in [9.17, 15) is 0 Å². The lowest BCUT2D eigenvalue weighted by Gasteiger charge is -2.37. The molecule has 2 aliphatic rings. The Morgan fingerprint density at radius 2 is 2.21 bits per heavy atom. The summed E-state index contributed by atoms with van der Waals surface area (Å²) in [6.45, 7) is 0. The zero-order chi connectivity index (χ0) is 9.60. The summed E-state index contributed by atoms with van der Waals surface area (Å²) in [5, 5.41) is 7.24. The maximum Gasteiger partial charge on any atom is 0.153 e. The molecule has 0 unspecified atom stereocenters. The topological polar surface area (TPSA) is 67.6 Å². The number of aromatic nitrogens is 3. The molecule has 1 heterocycles. The van der Waals surface area contributed by atoms with Gasteiger partial charge in [0.1, 0.15) is 5.82 Å². The molecule has 0 aromatic carbocycles. The number of nitrogens with two attached hydrogens (primary N) is 1. The molecule has 1 aromatic rings. The van der Waals surface area contributed by atoms with Gasteiger partial charge in [0.15, 0.2) is 5.82 Å². The number of H-pyrrole nitrogens is 1. The van der Waals surface area contributed by atoms with E-state index >= 15 is 0 Å². The van der Waals surface area contributed by atoms with Crippen LogP contribution in [0.5, 0.6) is 0 Å². The number of rotatable bonds is 3. The lowest BCUT2D eigenvalue weighted by molar-refractivity contribution is 0.243. The molecule has 2 saturated carbocycles. The van der Waals surface area contributed by atoms with Crippen LogP contribution in [-0.2, 0) is 6.42 Å². The van der Waals surface area contributed by atoms with E-state index in [0.29, 0.717) is 5.92 Å². The predicted octanol–water partition coefficient (Wildman–Crippen LogP) is 1.11. The summed E-state index contributed by atoms with van der Waals surface area (Å²) in [6, 6.07) is 0. The highest BCUT2D eigenvalue weighted by Gasteiger charge is 2.34. The van der Waals surface area contributed by atoms with Crippen molar-refractivity contribution in [1.29, 1.82) is 0 Å². The van der Waals surface area contributed by atoms with Crippen LogP contribution >= 0.6 is 0 Å². The van der Waals surface area contributed by atoms with Gasteiger partial charge in [-0.05, 0) is 32.1 Å². The van der Waals surface area contributed by atoms with Crippen LogP contribution in [0.15, 0.2) is 0 Å². The van der Waals surface area contributed by atoms with Crippen molar-refractivity contribution in [2.45, 2.75) is 50.0 Å². The van der Waals surface area contributed by atoms with Gasteiger partial charge in [-0.25, -0.2) is 4.98 Å². The Labute approximate surface area is 83.3 Å². The lowest BCUT2D eigenvalue weighted by atomic mass is 9.75. The first-order chi connectivity index (χ1) is 6.75. The highest BCUT2D eigenvalue weighted by molar-refractivity contribution is 5.08. The van der Waals surface area contributed by atoms with Crippen LogP contribution in [0.1, 0.15) is 49.7 Å². The minimum atomic E-state index is 0.0142. The number of aromatic amines is 1. The summed E-state index contributed by atoms with van der Waals surface area (Å²) in [5.74, 6) is 2.62. The molecule has 2 aliphatic carbocycles. The molecule has 0 bridgehead atoms. The average Bonchev–Trinajstić information content (AvgIpc) is 2.86. The molecule has 0 atom stereocenters. The van der Waals surface area contributed by atoms with E-state index in [1.807, 2.05) is 0 Å². The van der Waals surface area contributed by atoms with Crippen molar-refractivity contribution in [2.24, 2.45) is 5.73 Å².